The van der Waals surface area contributed by atoms with E-state index in [0.29, 0.717) is 9.52 Å². The quantitative estimate of drug-likeness (QED) is 0.679. The highest BCUT2D eigenvalue weighted by molar-refractivity contribution is 14.1. The second-order valence-corrected chi connectivity index (χ2v) is 5.25. The van der Waals surface area contributed by atoms with Crippen LogP contribution in [0.3, 0.4) is 0 Å². The highest BCUT2D eigenvalue weighted by Crippen LogP contribution is 2.23. The van der Waals surface area contributed by atoms with E-state index in [-0.39, 0.29) is 5.82 Å². The van der Waals surface area contributed by atoms with Gasteiger partial charge in [0.1, 0.15) is 5.82 Å². The number of unbranched alkanes of at least 4 members (excludes halogenated alkanes) is 2. The molecule has 1 aromatic carbocycles. The highest BCUT2D eigenvalue weighted by Gasteiger charge is 2.11. The Kier molecular flexibility index (Phi) is 3.86. The topological polar surface area (TPSA) is 43.8 Å². The summed E-state index contributed by atoms with van der Waals surface area (Å²) in [5, 5.41) is 0. The van der Waals surface area contributed by atoms with Gasteiger partial charge in [-0.25, -0.2) is 9.37 Å². The molecule has 0 saturated carbocycles. The minimum atomic E-state index is -0.213. The highest BCUT2D eigenvalue weighted by atomic mass is 127. The molecule has 1 heterocycles. The second-order valence-electron chi connectivity index (χ2n) is 4.08. The number of rotatable bonds is 4. The van der Waals surface area contributed by atoms with Crippen LogP contribution in [-0.2, 0) is 6.54 Å². The van der Waals surface area contributed by atoms with E-state index in [1.54, 1.807) is 6.07 Å². The molecule has 5 heteroatoms. The first-order valence-corrected chi connectivity index (χ1v) is 6.82. The van der Waals surface area contributed by atoms with Gasteiger partial charge in [0.15, 0.2) is 0 Å². The minimum Gasteiger partial charge on any atom is -0.369 e. The maximum Gasteiger partial charge on any atom is 0.201 e. The van der Waals surface area contributed by atoms with E-state index in [4.69, 9.17) is 5.73 Å². The van der Waals surface area contributed by atoms with Gasteiger partial charge in [-0.15, -0.1) is 0 Å². The fourth-order valence-corrected chi connectivity index (χ4v) is 2.34. The van der Waals surface area contributed by atoms with Crippen molar-refractivity contribution in [2.75, 3.05) is 5.73 Å². The van der Waals surface area contributed by atoms with Crippen LogP contribution >= 0.6 is 22.6 Å². The summed E-state index contributed by atoms with van der Waals surface area (Å²) in [6.45, 7) is 2.95. The molecule has 2 rings (SSSR count). The molecule has 0 atom stereocenters. The van der Waals surface area contributed by atoms with Gasteiger partial charge in [-0.2, -0.15) is 0 Å². The Bertz CT molecular complexity index is 536. The number of halogens is 2. The van der Waals surface area contributed by atoms with Gasteiger partial charge in [0.2, 0.25) is 5.95 Å². The number of nitrogen functional groups attached to an aromatic ring is 1. The lowest BCUT2D eigenvalue weighted by atomic mass is 10.2. The molecule has 2 aromatic rings. The Labute approximate surface area is 113 Å². The first-order valence-electron chi connectivity index (χ1n) is 5.74. The molecular weight excluding hydrogens is 332 g/mol. The van der Waals surface area contributed by atoms with Crippen molar-refractivity contribution in [1.29, 1.82) is 0 Å². The number of anilines is 1. The van der Waals surface area contributed by atoms with Crippen molar-refractivity contribution in [2.24, 2.45) is 0 Å². The summed E-state index contributed by atoms with van der Waals surface area (Å²) in [4.78, 5) is 4.26. The predicted octanol–water partition coefficient (Wildman–Crippen LogP) is 3.55. The average Bonchev–Trinajstić information content (AvgIpc) is 2.57. The van der Waals surface area contributed by atoms with Gasteiger partial charge in [-0.3, -0.25) is 0 Å². The molecule has 0 fully saturated rings. The van der Waals surface area contributed by atoms with Crippen molar-refractivity contribution in [3.8, 4) is 0 Å². The summed E-state index contributed by atoms with van der Waals surface area (Å²) in [5.41, 5.74) is 7.42. The van der Waals surface area contributed by atoms with E-state index >= 15 is 0 Å². The van der Waals surface area contributed by atoms with Gasteiger partial charge in [0.25, 0.3) is 0 Å². The summed E-state index contributed by atoms with van der Waals surface area (Å²) < 4.78 is 16.0. The molecule has 0 saturated heterocycles. The second kappa shape index (κ2) is 5.20. The average molecular weight is 347 g/mol. The van der Waals surface area contributed by atoms with Gasteiger partial charge in [-0.1, -0.05) is 19.8 Å². The third-order valence-corrected chi connectivity index (χ3v) is 3.63. The molecule has 0 spiro atoms. The minimum absolute atomic E-state index is 0.213. The van der Waals surface area contributed by atoms with Gasteiger partial charge in [0, 0.05) is 12.6 Å². The van der Waals surface area contributed by atoms with E-state index in [2.05, 4.69) is 11.9 Å². The van der Waals surface area contributed by atoms with Crippen LogP contribution in [0.4, 0.5) is 10.3 Å². The predicted molar refractivity (Wildman–Crippen MR) is 76.3 cm³/mol. The summed E-state index contributed by atoms with van der Waals surface area (Å²) >= 11 is 1.96. The van der Waals surface area contributed by atoms with Gasteiger partial charge in [-0.05, 0) is 35.1 Å². The zero-order chi connectivity index (χ0) is 12.4. The van der Waals surface area contributed by atoms with Crippen LogP contribution < -0.4 is 5.73 Å². The Morgan fingerprint density at radius 1 is 1.41 bits per heavy atom. The zero-order valence-electron chi connectivity index (χ0n) is 9.71. The molecule has 3 nitrogen and oxygen atoms in total. The lowest BCUT2D eigenvalue weighted by Gasteiger charge is -2.05. The molecule has 0 bridgehead atoms. The number of aromatic nitrogens is 2. The number of hydrogen-bond donors (Lipinski definition) is 1. The summed E-state index contributed by atoms with van der Waals surface area (Å²) in [7, 11) is 0. The molecule has 92 valence electrons. The fourth-order valence-electron chi connectivity index (χ4n) is 1.89. The van der Waals surface area contributed by atoms with Crippen LogP contribution in [0.5, 0.6) is 0 Å². The van der Waals surface area contributed by atoms with Crippen LogP contribution in [-0.4, -0.2) is 9.55 Å². The number of nitrogens with two attached hydrogens (primary N) is 1. The van der Waals surface area contributed by atoms with Crippen molar-refractivity contribution in [3.63, 3.8) is 0 Å². The molecular formula is C12H15FIN3. The van der Waals surface area contributed by atoms with E-state index in [1.807, 2.05) is 27.2 Å². The van der Waals surface area contributed by atoms with E-state index in [9.17, 15) is 4.39 Å². The van der Waals surface area contributed by atoms with Crippen molar-refractivity contribution in [1.82, 2.24) is 9.55 Å². The summed E-state index contributed by atoms with van der Waals surface area (Å²) in [6, 6.07) is 3.25. The number of hydrogen-bond acceptors (Lipinski definition) is 2. The van der Waals surface area contributed by atoms with Crippen LogP contribution in [0.1, 0.15) is 26.2 Å². The Hall–Kier alpha value is -0.850. The molecule has 0 unspecified atom stereocenters. The third kappa shape index (κ3) is 2.53. The van der Waals surface area contributed by atoms with Crippen molar-refractivity contribution in [3.05, 3.63) is 21.5 Å². The lowest BCUT2D eigenvalue weighted by Crippen LogP contribution is -2.03. The number of fused-ring (bicyclic) bond motifs is 1. The third-order valence-electron chi connectivity index (χ3n) is 2.81. The number of benzene rings is 1. The SMILES string of the molecule is CCCCCn1c(N)nc2cc(I)c(F)cc21. The fraction of sp³-hybridized carbons (Fsp3) is 0.417. The standard InChI is InChI=1S/C12H15FIN3/c1-2-3-4-5-17-11-6-8(13)9(14)7-10(11)16-12(17)15/h6-7H,2-5H2,1H3,(H2,15,16). The Morgan fingerprint density at radius 3 is 2.88 bits per heavy atom. The smallest absolute Gasteiger partial charge is 0.201 e. The lowest BCUT2D eigenvalue weighted by molar-refractivity contribution is 0.609. The van der Waals surface area contributed by atoms with Crippen molar-refractivity contribution < 1.29 is 4.39 Å². The van der Waals surface area contributed by atoms with Crippen LogP contribution in [0.25, 0.3) is 11.0 Å². The van der Waals surface area contributed by atoms with E-state index in [1.165, 1.54) is 6.07 Å². The van der Waals surface area contributed by atoms with E-state index < -0.39 is 0 Å². The number of nitrogens with zero attached hydrogens (tertiary/aromatic N) is 2. The van der Waals surface area contributed by atoms with Gasteiger partial charge < -0.3 is 10.3 Å². The molecule has 17 heavy (non-hydrogen) atoms. The molecule has 0 radical (unpaired) electrons. The van der Waals surface area contributed by atoms with Crippen LogP contribution in [0.2, 0.25) is 0 Å². The normalized spacial score (nSPS) is 11.2. The van der Waals surface area contributed by atoms with Gasteiger partial charge in [0.05, 0.1) is 14.6 Å². The number of aryl methyl sites for hydroxylation is 1. The first-order chi connectivity index (χ1) is 8.13. The van der Waals surface area contributed by atoms with E-state index in [0.717, 1.165) is 36.8 Å². The largest absolute Gasteiger partial charge is 0.369 e. The summed E-state index contributed by atoms with van der Waals surface area (Å²) in [5.74, 6) is 0.257. The number of imidazole rings is 1. The van der Waals surface area contributed by atoms with Crippen molar-refractivity contribution in [2.45, 2.75) is 32.7 Å². The molecule has 1 aromatic heterocycles. The van der Waals surface area contributed by atoms with Crippen LogP contribution in [0.15, 0.2) is 12.1 Å². The molecule has 0 aliphatic carbocycles. The maximum atomic E-state index is 13.5. The van der Waals surface area contributed by atoms with Gasteiger partial charge >= 0.3 is 0 Å². The molecule has 0 aliphatic heterocycles. The Balaban J connectivity index is 2.40. The zero-order valence-corrected chi connectivity index (χ0v) is 11.9. The maximum absolute atomic E-state index is 13.5. The summed E-state index contributed by atoms with van der Waals surface area (Å²) in [6.07, 6.45) is 3.34. The first kappa shape index (κ1) is 12.6. The Morgan fingerprint density at radius 2 is 2.18 bits per heavy atom. The molecule has 2 N–H and O–H groups in total. The molecule has 0 aliphatic rings. The monoisotopic (exact) mass is 347 g/mol. The molecule has 0 amide bonds. The van der Waals surface area contributed by atoms with Crippen molar-refractivity contribution >= 4 is 39.6 Å². The van der Waals surface area contributed by atoms with Crippen LogP contribution in [0, 0.1) is 9.39 Å².